The van der Waals surface area contributed by atoms with Crippen molar-refractivity contribution >= 4 is 13.6 Å². The first-order chi connectivity index (χ1) is 8.26. The second-order valence-electron chi connectivity index (χ2n) is 3.75. The van der Waals surface area contributed by atoms with Gasteiger partial charge >= 0.3 is 13.6 Å². The number of carbonyl (C=O) groups is 1. The average molecular weight is 285 g/mol. The lowest BCUT2D eigenvalue weighted by atomic mass is 10.1. The Morgan fingerprint density at radius 3 is 2.11 bits per heavy atom. The van der Waals surface area contributed by atoms with Gasteiger partial charge in [0.1, 0.15) is 6.04 Å². The minimum atomic E-state index is -4.04. The van der Waals surface area contributed by atoms with Crippen LogP contribution in [0.1, 0.15) is 33.6 Å². The predicted octanol–water partition coefficient (Wildman–Crippen LogP) is 2.13. The van der Waals surface area contributed by atoms with Crippen molar-refractivity contribution in [2.75, 3.05) is 13.2 Å². The Kier molecular flexibility index (Phi) is 6.99. The van der Waals surface area contributed by atoms with E-state index in [9.17, 15) is 13.8 Å². The normalized spacial score (nSPS) is 17.2. The Morgan fingerprint density at radius 1 is 1.39 bits per heavy atom. The van der Waals surface area contributed by atoms with Gasteiger partial charge in [0, 0.05) is 6.42 Å². The van der Waals surface area contributed by atoms with Gasteiger partial charge in [-0.2, -0.15) is 0 Å². The molecule has 0 rings (SSSR count). The van der Waals surface area contributed by atoms with Gasteiger partial charge in [-0.1, -0.05) is 6.92 Å². The predicted molar refractivity (Wildman–Crippen MR) is 65.2 cm³/mol. The molecule has 0 saturated heterocycles. The number of carboxylic acid groups (broad SMARTS) is 1. The largest absolute Gasteiger partial charge is 0.480 e. The molecule has 3 N–H and O–H groups in total. The molecule has 0 fully saturated rings. The first-order valence-corrected chi connectivity index (χ1v) is 7.37. The minimum absolute atomic E-state index is 0.00522. The summed E-state index contributed by atoms with van der Waals surface area (Å²) in [5.41, 5.74) is 5.30. The molecule has 0 spiro atoms. The molecule has 0 aliphatic rings. The first-order valence-electron chi connectivity index (χ1n) is 5.82. The fourth-order valence-electron chi connectivity index (χ4n) is 1.48. The molecular formula is C10H21FNO5P. The van der Waals surface area contributed by atoms with Gasteiger partial charge in [-0.25, -0.2) is 4.39 Å². The van der Waals surface area contributed by atoms with Gasteiger partial charge in [0.25, 0.3) is 0 Å². The van der Waals surface area contributed by atoms with Crippen LogP contribution in [0.4, 0.5) is 4.39 Å². The van der Waals surface area contributed by atoms with Gasteiger partial charge in [-0.05, 0) is 20.3 Å². The number of aliphatic carboxylic acids is 1. The Morgan fingerprint density at radius 2 is 1.83 bits per heavy atom. The van der Waals surface area contributed by atoms with Crippen LogP contribution in [0.5, 0.6) is 0 Å². The summed E-state index contributed by atoms with van der Waals surface area (Å²) in [4.78, 5) is 10.7. The molecule has 0 aromatic heterocycles. The highest BCUT2D eigenvalue weighted by Crippen LogP contribution is 2.64. The molecule has 0 heterocycles. The fraction of sp³-hybridized carbons (Fsp3) is 0.900. The average Bonchev–Trinajstić information content (AvgIpc) is 2.29. The summed E-state index contributed by atoms with van der Waals surface area (Å²) in [6.45, 7) is 4.56. The lowest BCUT2D eigenvalue weighted by Crippen LogP contribution is -2.39. The van der Waals surface area contributed by atoms with Crippen LogP contribution in [0.25, 0.3) is 0 Å². The van der Waals surface area contributed by atoms with E-state index in [1.54, 1.807) is 13.8 Å². The van der Waals surface area contributed by atoms with Crippen molar-refractivity contribution in [3.8, 4) is 0 Å². The van der Waals surface area contributed by atoms with Crippen molar-refractivity contribution in [3.05, 3.63) is 0 Å². The highest BCUT2D eigenvalue weighted by atomic mass is 31.2. The van der Waals surface area contributed by atoms with E-state index in [2.05, 4.69) is 0 Å². The summed E-state index contributed by atoms with van der Waals surface area (Å²) in [5.74, 6) is -1.36. The lowest BCUT2D eigenvalue weighted by molar-refractivity contribution is -0.139. The van der Waals surface area contributed by atoms with Crippen molar-refractivity contribution in [2.45, 2.75) is 45.1 Å². The number of alkyl halides is 1. The van der Waals surface area contributed by atoms with E-state index in [0.29, 0.717) is 0 Å². The molecule has 0 aromatic rings. The van der Waals surface area contributed by atoms with Crippen LogP contribution in [0, 0.1) is 0 Å². The molecule has 108 valence electrons. The summed E-state index contributed by atoms with van der Waals surface area (Å²) in [6, 6.07) is -1.45. The van der Waals surface area contributed by atoms with Crippen LogP contribution in [-0.4, -0.2) is 35.7 Å². The van der Waals surface area contributed by atoms with Crippen LogP contribution in [-0.2, 0) is 18.4 Å². The van der Waals surface area contributed by atoms with E-state index in [0.717, 1.165) is 0 Å². The second-order valence-corrected chi connectivity index (χ2v) is 6.07. The number of rotatable bonds is 9. The maximum Gasteiger partial charge on any atom is 0.367 e. The van der Waals surface area contributed by atoms with E-state index in [-0.39, 0.29) is 19.6 Å². The number of halogens is 1. The van der Waals surface area contributed by atoms with Crippen LogP contribution < -0.4 is 5.73 Å². The summed E-state index contributed by atoms with van der Waals surface area (Å²) in [7, 11) is -4.04. The number of nitrogens with two attached hydrogens (primary N) is 1. The smallest absolute Gasteiger partial charge is 0.367 e. The highest BCUT2D eigenvalue weighted by molar-refractivity contribution is 7.55. The third kappa shape index (κ3) is 4.02. The Bertz CT molecular complexity index is 317. The molecule has 0 bridgehead atoms. The molecule has 8 heteroatoms. The van der Waals surface area contributed by atoms with Gasteiger partial charge in [-0.3, -0.25) is 9.36 Å². The van der Waals surface area contributed by atoms with E-state index >= 15 is 0 Å². The van der Waals surface area contributed by atoms with Crippen molar-refractivity contribution in [1.82, 2.24) is 0 Å². The van der Waals surface area contributed by atoms with Crippen molar-refractivity contribution in [2.24, 2.45) is 5.73 Å². The molecule has 0 radical (unpaired) electrons. The van der Waals surface area contributed by atoms with Gasteiger partial charge in [0.15, 0.2) is 0 Å². The van der Waals surface area contributed by atoms with Gasteiger partial charge in [0.05, 0.1) is 13.2 Å². The van der Waals surface area contributed by atoms with E-state index < -0.39 is 31.4 Å². The standard InChI is InChI=1S/C10H21FNO5P/c1-4-10(11,7-8(12)9(13)14)18(15,16-5-2)17-6-3/h8H,4-7,12H2,1-3H3,(H,13,14)/t8-,10-/m0/s1. The summed E-state index contributed by atoms with van der Waals surface area (Å²) in [5, 5.41) is 6.31. The maximum absolute atomic E-state index is 14.7. The monoisotopic (exact) mass is 285 g/mol. The minimum Gasteiger partial charge on any atom is -0.480 e. The fourth-order valence-corrected chi connectivity index (χ4v) is 3.51. The Hall–Kier alpha value is -0.490. The summed E-state index contributed by atoms with van der Waals surface area (Å²) in [6.07, 6.45) is -0.818. The molecule has 0 saturated carbocycles. The topological polar surface area (TPSA) is 98.9 Å². The molecule has 0 unspecified atom stereocenters. The third-order valence-electron chi connectivity index (χ3n) is 2.48. The number of carboxylic acids is 1. The zero-order valence-electron chi connectivity index (χ0n) is 10.9. The van der Waals surface area contributed by atoms with Gasteiger partial charge in [-0.15, -0.1) is 0 Å². The number of hydrogen-bond donors (Lipinski definition) is 2. The molecular weight excluding hydrogens is 264 g/mol. The number of hydrogen-bond acceptors (Lipinski definition) is 5. The SMILES string of the molecule is CCOP(=O)(OCC)[C@@](F)(CC)C[C@H](N)C(=O)O. The summed E-state index contributed by atoms with van der Waals surface area (Å²) < 4.78 is 36.9. The van der Waals surface area contributed by atoms with Crippen molar-refractivity contribution in [1.29, 1.82) is 0 Å². The molecule has 0 aliphatic carbocycles. The van der Waals surface area contributed by atoms with Crippen LogP contribution in [0.2, 0.25) is 0 Å². The second kappa shape index (κ2) is 7.19. The Labute approximate surface area is 106 Å². The first kappa shape index (κ1) is 17.5. The van der Waals surface area contributed by atoms with E-state index in [4.69, 9.17) is 19.9 Å². The van der Waals surface area contributed by atoms with Crippen molar-refractivity contribution in [3.63, 3.8) is 0 Å². The quantitative estimate of drug-likeness (QED) is 0.630. The molecule has 2 atom stereocenters. The highest BCUT2D eigenvalue weighted by Gasteiger charge is 2.52. The summed E-state index contributed by atoms with van der Waals surface area (Å²) >= 11 is 0. The van der Waals surface area contributed by atoms with Crippen LogP contribution >= 0.6 is 7.60 Å². The zero-order chi connectivity index (χ0) is 14.4. The molecule has 0 aromatic carbocycles. The zero-order valence-corrected chi connectivity index (χ0v) is 11.8. The molecule has 18 heavy (non-hydrogen) atoms. The van der Waals surface area contributed by atoms with Gasteiger partial charge in [0.2, 0.25) is 5.41 Å². The maximum atomic E-state index is 14.7. The van der Waals surface area contributed by atoms with Crippen LogP contribution in [0.3, 0.4) is 0 Å². The lowest BCUT2D eigenvalue weighted by Gasteiger charge is -2.32. The van der Waals surface area contributed by atoms with E-state index in [1.807, 2.05) is 0 Å². The molecule has 0 aliphatic heterocycles. The van der Waals surface area contributed by atoms with E-state index in [1.165, 1.54) is 6.92 Å². The Balaban J connectivity index is 5.19. The van der Waals surface area contributed by atoms with Gasteiger partial charge < -0.3 is 19.9 Å². The molecule has 6 nitrogen and oxygen atoms in total. The molecule has 0 amide bonds. The van der Waals surface area contributed by atoms with Crippen LogP contribution in [0.15, 0.2) is 0 Å². The third-order valence-corrected chi connectivity index (χ3v) is 5.16. The van der Waals surface area contributed by atoms with Crippen molar-refractivity contribution < 1.29 is 27.9 Å².